The number of aromatic nitrogens is 4. The van der Waals surface area contributed by atoms with Gasteiger partial charge in [-0.25, -0.2) is 4.98 Å². The summed E-state index contributed by atoms with van der Waals surface area (Å²) in [6, 6.07) is 2.76. The van der Waals surface area contributed by atoms with Gasteiger partial charge in [0.25, 0.3) is 5.69 Å². The van der Waals surface area contributed by atoms with Crippen molar-refractivity contribution in [2.75, 3.05) is 6.54 Å². The van der Waals surface area contributed by atoms with Gasteiger partial charge in [-0.3, -0.25) is 19.7 Å². The van der Waals surface area contributed by atoms with Crippen LogP contribution in [0.15, 0.2) is 40.4 Å². The zero-order chi connectivity index (χ0) is 18.0. The van der Waals surface area contributed by atoms with Crippen molar-refractivity contribution in [3.8, 4) is 5.69 Å². The lowest BCUT2D eigenvalue weighted by atomic mass is 10.2. The number of nitrogens with one attached hydrogen (secondary N) is 1. The van der Waals surface area contributed by atoms with Gasteiger partial charge in [-0.1, -0.05) is 0 Å². The molecule has 0 spiro atoms. The fourth-order valence-electron chi connectivity index (χ4n) is 2.69. The third-order valence-corrected chi connectivity index (χ3v) is 3.89. The van der Waals surface area contributed by atoms with E-state index in [1.54, 1.807) is 6.20 Å². The zero-order valence-electron chi connectivity index (χ0n) is 13.2. The molecule has 3 N–H and O–H groups in total. The molecule has 2 aromatic heterocycles. The van der Waals surface area contributed by atoms with Crippen LogP contribution in [0.2, 0.25) is 0 Å². The number of nitro groups is 1. The quantitative estimate of drug-likeness (QED) is 0.289. The van der Waals surface area contributed by atoms with E-state index in [1.165, 1.54) is 33.8 Å². The summed E-state index contributed by atoms with van der Waals surface area (Å²) in [4.78, 5) is 41.3. The molecular formula is C15H16N6O4. The average Bonchev–Trinajstić information content (AvgIpc) is 3.11. The number of fused-ring (bicyclic) bond motifs is 1. The summed E-state index contributed by atoms with van der Waals surface area (Å²) in [5, 5.41) is 11.4. The van der Waals surface area contributed by atoms with E-state index < -0.39 is 16.0 Å². The van der Waals surface area contributed by atoms with Gasteiger partial charge in [-0.05, 0) is 25.5 Å². The Morgan fingerprint density at radius 2 is 2.08 bits per heavy atom. The average molecular weight is 344 g/mol. The first kappa shape index (κ1) is 16.6. The summed E-state index contributed by atoms with van der Waals surface area (Å²) in [6.45, 7) is 0.777. The van der Waals surface area contributed by atoms with Crippen LogP contribution >= 0.6 is 0 Å². The minimum atomic E-state index is -0.815. The minimum Gasteiger partial charge on any atom is -0.330 e. The molecule has 0 aliphatic heterocycles. The predicted octanol–water partition coefficient (Wildman–Crippen LogP) is 0.523. The molecule has 3 rings (SSSR count). The molecule has 0 radical (unpaired) electrons. The van der Waals surface area contributed by atoms with Crippen LogP contribution in [0.1, 0.15) is 12.8 Å². The fraction of sp³-hybridized carbons (Fsp3) is 0.267. The van der Waals surface area contributed by atoms with E-state index in [0.717, 1.165) is 0 Å². The normalized spacial score (nSPS) is 11.1. The summed E-state index contributed by atoms with van der Waals surface area (Å²) >= 11 is 0. The molecule has 0 atom stereocenters. The molecule has 0 saturated carbocycles. The molecule has 10 heteroatoms. The molecule has 0 amide bonds. The lowest BCUT2D eigenvalue weighted by Crippen LogP contribution is -2.36. The van der Waals surface area contributed by atoms with Crippen molar-refractivity contribution in [1.82, 2.24) is 19.1 Å². The number of aryl methyl sites for hydroxylation is 1. The predicted molar refractivity (Wildman–Crippen MR) is 90.9 cm³/mol. The fourth-order valence-corrected chi connectivity index (χ4v) is 2.69. The van der Waals surface area contributed by atoms with Gasteiger partial charge in [-0.15, -0.1) is 0 Å². The van der Waals surface area contributed by atoms with Crippen molar-refractivity contribution < 1.29 is 4.92 Å². The topological polar surface area (TPSA) is 142 Å². The highest BCUT2D eigenvalue weighted by Gasteiger charge is 2.19. The van der Waals surface area contributed by atoms with E-state index in [2.05, 4.69) is 9.97 Å². The third-order valence-electron chi connectivity index (χ3n) is 3.89. The Morgan fingerprint density at radius 1 is 1.28 bits per heavy atom. The number of hydrogen-bond acceptors (Lipinski definition) is 6. The summed E-state index contributed by atoms with van der Waals surface area (Å²) in [7, 11) is 0. The maximum Gasteiger partial charge on any atom is 0.316 e. The molecule has 0 fully saturated rings. The maximum atomic E-state index is 12.2. The van der Waals surface area contributed by atoms with E-state index in [-0.39, 0.29) is 16.9 Å². The zero-order valence-corrected chi connectivity index (χ0v) is 13.2. The van der Waals surface area contributed by atoms with E-state index >= 15 is 0 Å². The maximum absolute atomic E-state index is 12.2. The second-order valence-corrected chi connectivity index (χ2v) is 5.49. The van der Waals surface area contributed by atoms with E-state index in [9.17, 15) is 19.7 Å². The highest BCUT2D eigenvalue weighted by molar-refractivity contribution is 5.82. The van der Waals surface area contributed by atoms with Crippen molar-refractivity contribution >= 4 is 16.7 Å². The standard InChI is InChI=1S/C15H16N6O4/c16-3-1-2-5-20-11-8-12(19-6-4-17-9-19)13(21(24)25)7-10(11)18-14(22)15(20)23/h4,6-9H,1-3,5,16H2,(H,18,22). The van der Waals surface area contributed by atoms with Crippen LogP contribution in [0.25, 0.3) is 16.7 Å². The first-order chi connectivity index (χ1) is 12.0. The van der Waals surface area contributed by atoms with Crippen LogP contribution in [-0.2, 0) is 6.54 Å². The van der Waals surface area contributed by atoms with E-state index in [4.69, 9.17) is 5.73 Å². The van der Waals surface area contributed by atoms with Gasteiger partial charge < -0.3 is 19.9 Å². The third kappa shape index (κ3) is 3.06. The summed E-state index contributed by atoms with van der Waals surface area (Å²) < 4.78 is 2.81. The van der Waals surface area contributed by atoms with Crippen molar-refractivity contribution in [2.45, 2.75) is 19.4 Å². The molecule has 25 heavy (non-hydrogen) atoms. The van der Waals surface area contributed by atoms with Crippen LogP contribution in [0.4, 0.5) is 5.69 Å². The first-order valence-corrected chi connectivity index (χ1v) is 7.66. The van der Waals surface area contributed by atoms with Crippen molar-refractivity contribution in [3.63, 3.8) is 0 Å². The molecule has 2 heterocycles. The molecule has 0 aliphatic carbocycles. The smallest absolute Gasteiger partial charge is 0.316 e. The Hall–Kier alpha value is -3.27. The highest BCUT2D eigenvalue weighted by atomic mass is 16.6. The minimum absolute atomic E-state index is 0.201. The lowest BCUT2D eigenvalue weighted by Gasteiger charge is -2.12. The largest absolute Gasteiger partial charge is 0.330 e. The lowest BCUT2D eigenvalue weighted by molar-refractivity contribution is -0.384. The van der Waals surface area contributed by atoms with Gasteiger partial charge in [0.15, 0.2) is 0 Å². The van der Waals surface area contributed by atoms with Gasteiger partial charge in [0, 0.05) is 25.0 Å². The Kier molecular flexibility index (Phi) is 4.44. The number of H-pyrrole nitrogens is 1. The number of rotatable bonds is 6. The second kappa shape index (κ2) is 6.69. The molecule has 1 aromatic carbocycles. The molecule has 0 saturated heterocycles. The highest BCUT2D eigenvalue weighted by Crippen LogP contribution is 2.27. The number of hydrogen-bond donors (Lipinski definition) is 2. The molecule has 10 nitrogen and oxygen atoms in total. The van der Waals surface area contributed by atoms with Crippen LogP contribution < -0.4 is 16.9 Å². The number of nitro benzene ring substituents is 1. The van der Waals surface area contributed by atoms with Crippen LogP contribution in [0, 0.1) is 10.1 Å². The molecule has 0 bridgehead atoms. The monoisotopic (exact) mass is 344 g/mol. The number of imidazole rings is 1. The van der Waals surface area contributed by atoms with E-state index in [1.807, 2.05) is 0 Å². The van der Waals surface area contributed by atoms with Gasteiger partial charge >= 0.3 is 11.1 Å². The summed E-state index contributed by atoms with van der Waals surface area (Å²) in [5.41, 5.74) is 4.66. The Morgan fingerprint density at radius 3 is 2.72 bits per heavy atom. The van der Waals surface area contributed by atoms with Crippen LogP contribution in [-0.4, -0.2) is 30.6 Å². The van der Waals surface area contributed by atoms with Gasteiger partial charge in [0.05, 0.1) is 22.3 Å². The molecule has 0 unspecified atom stereocenters. The molecule has 130 valence electrons. The van der Waals surface area contributed by atoms with Gasteiger partial charge in [0.1, 0.15) is 5.69 Å². The number of nitrogens with two attached hydrogens (primary N) is 1. The van der Waals surface area contributed by atoms with Gasteiger partial charge in [0.2, 0.25) is 0 Å². The van der Waals surface area contributed by atoms with Crippen LogP contribution in [0.5, 0.6) is 0 Å². The van der Waals surface area contributed by atoms with Crippen molar-refractivity contribution in [1.29, 1.82) is 0 Å². The van der Waals surface area contributed by atoms with Crippen molar-refractivity contribution in [2.24, 2.45) is 5.73 Å². The van der Waals surface area contributed by atoms with Gasteiger partial charge in [-0.2, -0.15) is 0 Å². The molecular weight excluding hydrogens is 328 g/mol. The number of unbranched alkanes of at least 4 members (excludes halogenated alkanes) is 1. The first-order valence-electron chi connectivity index (χ1n) is 7.66. The van der Waals surface area contributed by atoms with Crippen LogP contribution in [0.3, 0.4) is 0 Å². The molecule has 0 aliphatic rings. The number of aromatic amines is 1. The molecule has 3 aromatic rings. The number of benzene rings is 1. The Bertz CT molecular complexity index is 1030. The second-order valence-electron chi connectivity index (χ2n) is 5.49. The number of nitrogens with zero attached hydrogens (tertiary/aromatic N) is 4. The van der Waals surface area contributed by atoms with E-state index in [0.29, 0.717) is 31.4 Å². The Labute approximate surface area is 140 Å². The SMILES string of the molecule is NCCCCn1c(=O)c(=O)[nH]c2cc([N+](=O)[O-])c(-n3ccnc3)cc21. The Balaban J connectivity index is 2.30. The summed E-state index contributed by atoms with van der Waals surface area (Å²) in [5.74, 6) is 0. The summed E-state index contributed by atoms with van der Waals surface area (Å²) in [6.07, 6.45) is 5.80. The van der Waals surface area contributed by atoms with Crippen molar-refractivity contribution in [3.05, 3.63) is 61.7 Å².